The van der Waals surface area contributed by atoms with Crippen molar-refractivity contribution in [3.8, 4) is 11.5 Å². The van der Waals surface area contributed by atoms with Gasteiger partial charge >= 0.3 is 5.97 Å². The predicted molar refractivity (Wildman–Crippen MR) is 114 cm³/mol. The lowest BCUT2D eigenvalue weighted by atomic mass is 9.56. The summed E-state index contributed by atoms with van der Waals surface area (Å²) < 4.78 is 5.21. The van der Waals surface area contributed by atoms with Gasteiger partial charge in [0.05, 0.1) is 7.11 Å². The minimum Gasteiger partial charge on any atom is -0.504 e. The molecule has 4 nitrogen and oxygen atoms in total. The molecule has 5 atom stereocenters. The largest absolute Gasteiger partial charge is 0.504 e. The predicted octanol–water partition coefficient (Wildman–Crippen LogP) is 5.75. The van der Waals surface area contributed by atoms with E-state index in [4.69, 9.17) is 4.74 Å². The number of carbonyl (C=O) groups is 1. The zero-order chi connectivity index (χ0) is 21.2. The summed E-state index contributed by atoms with van der Waals surface area (Å²) in [5, 5.41) is 20.1. The van der Waals surface area contributed by atoms with Crippen molar-refractivity contribution in [3.63, 3.8) is 0 Å². The number of carboxylic acids is 1. The Morgan fingerprint density at radius 1 is 1.17 bits per heavy atom. The van der Waals surface area contributed by atoms with Gasteiger partial charge in [0, 0.05) is 11.0 Å². The zero-order valence-electron chi connectivity index (χ0n) is 18.3. The first-order chi connectivity index (χ1) is 13.6. The van der Waals surface area contributed by atoms with Crippen molar-refractivity contribution in [3.05, 3.63) is 29.3 Å². The summed E-state index contributed by atoms with van der Waals surface area (Å²) in [6, 6.07) is 5.03. The fraction of sp³-hybridized carbons (Fsp3) is 0.640. The molecule has 4 heteroatoms. The van der Waals surface area contributed by atoms with Gasteiger partial charge in [0.2, 0.25) is 0 Å². The van der Waals surface area contributed by atoms with Crippen LogP contribution in [0.1, 0.15) is 65.4 Å². The molecule has 3 fully saturated rings. The SMILES string of the molecule is COc1cc(/C=C(/C(=O)O)[C@]2(C)CC[C@@]34C[C@@H]2C(C)(C)[C@@H]3CC[C@H]4C)ccc1O. The Hall–Kier alpha value is -1.97. The third kappa shape index (κ3) is 2.74. The summed E-state index contributed by atoms with van der Waals surface area (Å²) in [5.74, 6) is 1.38. The number of carboxylic acid groups (broad SMARTS) is 1. The molecule has 158 valence electrons. The molecular formula is C25H34O4. The van der Waals surface area contributed by atoms with Crippen LogP contribution >= 0.6 is 0 Å². The Balaban J connectivity index is 1.78. The first kappa shape index (κ1) is 20.3. The summed E-state index contributed by atoms with van der Waals surface area (Å²) in [6.45, 7) is 9.36. The van der Waals surface area contributed by atoms with Crippen LogP contribution in [0.5, 0.6) is 11.5 Å². The number of rotatable bonds is 4. The maximum absolute atomic E-state index is 12.5. The number of aromatic hydroxyl groups is 1. The topological polar surface area (TPSA) is 66.8 Å². The van der Waals surface area contributed by atoms with Crippen molar-refractivity contribution >= 4 is 12.0 Å². The molecule has 1 aromatic rings. The van der Waals surface area contributed by atoms with Gasteiger partial charge in [0.1, 0.15) is 0 Å². The van der Waals surface area contributed by atoms with Gasteiger partial charge in [0.25, 0.3) is 0 Å². The molecular weight excluding hydrogens is 364 g/mol. The number of phenolic OH excluding ortho intramolecular Hbond substituents is 1. The van der Waals surface area contributed by atoms with E-state index in [0.717, 1.165) is 30.7 Å². The van der Waals surface area contributed by atoms with Gasteiger partial charge in [-0.05, 0) is 84.5 Å². The first-order valence-corrected chi connectivity index (χ1v) is 10.9. The van der Waals surface area contributed by atoms with Gasteiger partial charge in [-0.2, -0.15) is 0 Å². The van der Waals surface area contributed by atoms with Crippen LogP contribution in [0.3, 0.4) is 0 Å². The number of methoxy groups -OCH3 is 1. The van der Waals surface area contributed by atoms with Crippen molar-refractivity contribution in [2.24, 2.45) is 34.0 Å². The van der Waals surface area contributed by atoms with E-state index < -0.39 is 5.97 Å². The summed E-state index contributed by atoms with van der Waals surface area (Å²) in [5.41, 5.74) is 1.42. The average molecular weight is 399 g/mol. The third-order valence-electron chi connectivity index (χ3n) is 9.18. The van der Waals surface area contributed by atoms with E-state index >= 15 is 0 Å². The number of benzene rings is 1. The van der Waals surface area contributed by atoms with Crippen molar-refractivity contribution < 1.29 is 19.7 Å². The van der Waals surface area contributed by atoms with Gasteiger partial charge in [-0.15, -0.1) is 0 Å². The number of fused-ring (bicyclic) bond motifs is 1. The van der Waals surface area contributed by atoms with Crippen LogP contribution in [0.25, 0.3) is 6.08 Å². The Morgan fingerprint density at radius 2 is 1.90 bits per heavy atom. The molecule has 0 aromatic heterocycles. The van der Waals surface area contributed by atoms with Crippen LogP contribution in [0.2, 0.25) is 0 Å². The molecule has 0 amide bonds. The summed E-state index contributed by atoms with van der Waals surface area (Å²) in [7, 11) is 1.50. The Bertz CT molecular complexity index is 870. The van der Waals surface area contributed by atoms with Crippen LogP contribution in [0.4, 0.5) is 0 Å². The molecule has 2 bridgehead atoms. The third-order valence-corrected chi connectivity index (χ3v) is 9.18. The monoisotopic (exact) mass is 398 g/mol. The van der Waals surface area contributed by atoms with Crippen molar-refractivity contribution in [2.45, 2.75) is 59.8 Å². The number of ether oxygens (including phenoxy) is 1. The van der Waals surface area contributed by atoms with E-state index in [0.29, 0.717) is 28.6 Å². The second kappa shape index (κ2) is 6.52. The molecule has 4 rings (SSSR count). The standard InChI is InChI=1S/C25H34O4/c1-15-6-9-20-23(2,3)21-14-25(15,20)11-10-24(21,4)17(22(27)28)12-16-7-8-18(26)19(13-16)29-5/h7-8,12-13,15,20-21,26H,6,9-11,14H2,1-5H3,(H,27,28)/b17-12-/t15-,20+,21-,24+,25+/m1/s1. The molecule has 0 unspecified atom stereocenters. The van der Waals surface area contributed by atoms with E-state index in [1.807, 2.05) is 0 Å². The molecule has 0 saturated heterocycles. The highest BCUT2D eigenvalue weighted by Crippen LogP contribution is 2.75. The normalized spacial score (nSPS) is 38.0. The molecule has 2 N–H and O–H groups in total. The second-order valence-electron chi connectivity index (χ2n) is 10.6. The minimum absolute atomic E-state index is 0.0612. The molecule has 3 aliphatic carbocycles. The quantitative estimate of drug-likeness (QED) is 0.634. The fourth-order valence-electron chi connectivity index (χ4n) is 7.66. The van der Waals surface area contributed by atoms with E-state index in [-0.39, 0.29) is 16.6 Å². The van der Waals surface area contributed by atoms with E-state index in [9.17, 15) is 15.0 Å². The highest BCUT2D eigenvalue weighted by atomic mass is 16.5. The number of phenols is 1. The van der Waals surface area contributed by atoms with E-state index in [1.165, 1.54) is 20.0 Å². The average Bonchev–Trinajstić information content (AvgIpc) is 3.09. The lowest BCUT2D eigenvalue weighted by Crippen LogP contribution is -2.42. The molecule has 0 aliphatic heterocycles. The van der Waals surface area contributed by atoms with Gasteiger partial charge < -0.3 is 14.9 Å². The van der Waals surface area contributed by atoms with Crippen LogP contribution in [-0.2, 0) is 4.79 Å². The summed E-state index contributed by atoms with van der Waals surface area (Å²) in [6.07, 6.45) is 7.59. The molecule has 0 radical (unpaired) electrons. The number of hydrogen-bond donors (Lipinski definition) is 2. The molecule has 29 heavy (non-hydrogen) atoms. The van der Waals surface area contributed by atoms with Crippen molar-refractivity contribution in [1.29, 1.82) is 0 Å². The molecule has 3 saturated carbocycles. The second-order valence-corrected chi connectivity index (χ2v) is 10.6. The first-order valence-electron chi connectivity index (χ1n) is 10.9. The maximum Gasteiger partial charge on any atom is 0.332 e. The van der Waals surface area contributed by atoms with Gasteiger partial charge in [-0.25, -0.2) is 4.79 Å². The van der Waals surface area contributed by atoms with Crippen LogP contribution in [0, 0.1) is 34.0 Å². The summed E-state index contributed by atoms with van der Waals surface area (Å²) in [4.78, 5) is 12.5. The maximum atomic E-state index is 12.5. The molecule has 1 spiro atoms. The van der Waals surface area contributed by atoms with Gasteiger partial charge in [-0.3, -0.25) is 0 Å². The van der Waals surface area contributed by atoms with Crippen molar-refractivity contribution in [1.82, 2.24) is 0 Å². The molecule has 1 aromatic carbocycles. The fourth-order valence-corrected chi connectivity index (χ4v) is 7.66. The van der Waals surface area contributed by atoms with E-state index in [2.05, 4.69) is 27.7 Å². The van der Waals surface area contributed by atoms with Crippen LogP contribution in [-0.4, -0.2) is 23.3 Å². The Labute approximate surface area is 174 Å². The van der Waals surface area contributed by atoms with Gasteiger partial charge in [0.15, 0.2) is 11.5 Å². The number of hydrogen-bond acceptors (Lipinski definition) is 3. The zero-order valence-corrected chi connectivity index (χ0v) is 18.3. The Morgan fingerprint density at radius 3 is 2.55 bits per heavy atom. The van der Waals surface area contributed by atoms with Crippen LogP contribution in [0.15, 0.2) is 23.8 Å². The van der Waals surface area contributed by atoms with Crippen molar-refractivity contribution in [2.75, 3.05) is 7.11 Å². The van der Waals surface area contributed by atoms with Gasteiger partial charge in [-0.1, -0.05) is 33.8 Å². The smallest absolute Gasteiger partial charge is 0.332 e. The lowest BCUT2D eigenvalue weighted by Gasteiger charge is -2.48. The van der Waals surface area contributed by atoms with Crippen LogP contribution < -0.4 is 4.74 Å². The van der Waals surface area contributed by atoms with E-state index in [1.54, 1.807) is 24.3 Å². The number of aliphatic carboxylic acids is 1. The Kier molecular flexibility index (Phi) is 4.56. The molecule has 3 aliphatic rings. The minimum atomic E-state index is -0.837. The highest BCUT2D eigenvalue weighted by molar-refractivity contribution is 5.94. The molecule has 0 heterocycles. The lowest BCUT2D eigenvalue weighted by molar-refractivity contribution is -0.135. The highest BCUT2D eigenvalue weighted by Gasteiger charge is 2.68. The summed E-state index contributed by atoms with van der Waals surface area (Å²) >= 11 is 0.